The third-order valence-electron chi connectivity index (χ3n) is 3.37. The smallest absolute Gasteiger partial charge is 0.190 e. The molecule has 1 aromatic rings. The first kappa shape index (κ1) is 24.8. The minimum absolute atomic E-state index is 0. The molecule has 0 saturated heterocycles. The number of aliphatic imine (C=N–C) groups is 1. The van der Waals surface area contributed by atoms with Crippen LogP contribution in [0.2, 0.25) is 0 Å². The van der Waals surface area contributed by atoms with Gasteiger partial charge in [0.1, 0.15) is 11.5 Å². The maximum Gasteiger partial charge on any atom is 0.190 e. The number of hydrogen-bond acceptors (Lipinski definition) is 4. The zero-order chi connectivity index (χ0) is 18.3. The minimum Gasteiger partial charge on any atom is -0.497 e. The average Bonchev–Trinajstić information content (AvgIpc) is 2.62. The minimum atomic E-state index is 0. The zero-order valence-electron chi connectivity index (χ0n) is 16.4. The molecule has 0 unspecified atom stereocenters. The zero-order valence-corrected chi connectivity index (χ0v) is 18.7. The predicted octanol–water partition coefficient (Wildman–Crippen LogP) is 3.31. The van der Waals surface area contributed by atoms with Crippen molar-refractivity contribution in [1.82, 2.24) is 10.6 Å². The van der Waals surface area contributed by atoms with E-state index in [-0.39, 0.29) is 24.0 Å². The molecule has 0 radical (unpaired) electrons. The monoisotopic (exact) mass is 479 g/mol. The summed E-state index contributed by atoms with van der Waals surface area (Å²) < 4.78 is 16.4. The molecule has 0 aliphatic heterocycles. The Hall–Kier alpha value is -1.22. The molecule has 0 aliphatic carbocycles. The first-order valence-electron chi connectivity index (χ1n) is 8.94. The van der Waals surface area contributed by atoms with Crippen LogP contribution in [0, 0.1) is 5.92 Å². The molecule has 1 aromatic carbocycles. The van der Waals surface area contributed by atoms with Crippen LogP contribution in [0.3, 0.4) is 0 Å². The summed E-state index contributed by atoms with van der Waals surface area (Å²) in [6.45, 7) is 8.21. The maximum absolute atomic E-state index is 5.69. The Bertz CT molecular complexity index is 481. The molecule has 1 rings (SSSR count). The van der Waals surface area contributed by atoms with Crippen molar-refractivity contribution in [3.8, 4) is 11.5 Å². The highest BCUT2D eigenvalue weighted by Crippen LogP contribution is 2.16. The molecular weight excluding hydrogens is 445 g/mol. The quantitative estimate of drug-likeness (QED) is 0.209. The molecule has 6 nitrogen and oxygen atoms in total. The van der Waals surface area contributed by atoms with Crippen molar-refractivity contribution in [3.63, 3.8) is 0 Å². The van der Waals surface area contributed by atoms with Gasteiger partial charge in [-0.15, -0.1) is 24.0 Å². The highest BCUT2D eigenvalue weighted by molar-refractivity contribution is 14.0. The highest BCUT2D eigenvalue weighted by Gasteiger charge is 1.99. The Labute approximate surface area is 175 Å². The van der Waals surface area contributed by atoms with E-state index in [1.54, 1.807) is 14.2 Å². The molecule has 26 heavy (non-hydrogen) atoms. The van der Waals surface area contributed by atoms with Crippen molar-refractivity contribution in [2.24, 2.45) is 10.9 Å². The van der Waals surface area contributed by atoms with Crippen LogP contribution in [0.25, 0.3) is 0 Å². The van der Waals surface area contributed by atoms with Crippen molar-refractivity contribution in [3.05, 3.63) is 24.3 Å². The Balaban J connectivity index is 0.00000625. The van der Waals surface area contributed by atoms with Gasteiger partial charge in [0.15, 0.2) is 5.96 Å². The Morgan fingerprint density at radius 1 is 1.00 bits per heavy atom. The van der Waals surface area contributed by atoms with Crippen LogP contribution in [-0.4, -0.2) is 53.0 Å². The average molecular weight is 479 g/mol. The van der Waals surface area contributed by atoms with Crippen molar-refractivity contribution >= 4 is 29.9 Å². The van der Waals surface area contributed by atoms with E-state index in [0.29, 0.717) is 12.5 Å². The molecule has 0 heterocycles. The number of hydrogen-bond donors (Lipinski definition) is 2. The van der Waals surface area contributed by atoms with Crippen molar-refractivity contribution in [2.75, 3.05) is 47.1 Å². The van der Waals surface area contributed by atoms with Gasteiger partial charge in [0, 0.05) is 33.4 Å². The van der Waals surface area contributed by atoms with E-state index < -0.39 is 0 Å². The van der Waals surface area contributed by atoms with Gasteiger partial charge < -0.3 is 24.8 Å². The van der Waals surface area contributed by atoms with Gasteiger partial charge >= 0.3 is 0 Å². The van der Waals surface area contributed by atoms with E-state index in [9.17, 15) is 0 Å². The van der Waals surface area contributed by atoms with Crippen molar-refractivity contribution < 1.29 is 14.2 Å². The van der Waals surface area contributed by atoms with Crippen LogP contribution in [-0.2, 0) is 4.74 Å². The van der Waals surface area contributed by atoms with E-state index in [1.807, 2.05) is 24.3 Å². The van der Waals surface area contributed by atoms with Crippen LogP contribution in [0.5, 0.6) is 11.5 Å². The number of rotatable bonds is 12. The lowest BCUT2D eigenvalue weighted by molar-refractivity contribution is 0.108. The third-order valence-corrected chi connectivity index (χ3v) is 3.37. The number of methoxy groups -OCH3 is 1. The summed E-state index contributed by atoms with van der Waals surface area (Å²) in [6, 6.07) is 7.61. The SMILES string of the molecule is CN=C(NCCCOCC(C)C)NCCCOc1ccc(OC)cc1.I. The number of benzene rings is 1. The van der Waals surface area contributed by atoms with E-state index >= 15 is 0 Å². The summed E-state index contributed by atoms with van der Waals surface area (Å²) in [5.41, 5.74) is 0. The number of nitrogens with one attached hydrogen (secondary N) is 2. The molecule has 0 fully saturated rings. The Morgan fingerprint density at radius 3 is 2.12 bits per heavy atom. The lowest BCUT2D eigenvalue weighted by Crippen LogP contribution is -2.38. The van der Waals surface area contributed by atoms with Gasteiger partial charge in [0.05, 0.1) is 13.7 Å². The molecule has 0 spiro atoms. The molecule has 0 aromatic heterocycles. The standard InChI is InChI=1S/C19H33N3O3.HI/c1-16(2)15-24-13-5-11-21-19(20-3)22-12-6-14-25-18-9-7-17(23-4)8-10-18;/h7-10,16H,5-6,11-15H2,1-4H3,(H2,20,21,22);1H. The van der Waals surface area contributed by atoms with Crippen LogP contribution in [0.1, 0.15) is 26.7 Å². The van der Waals surface area contributed by atoms with Gasteiger partial charge in [-0.05, 0) is 43.0 Å². The second-order valence-corrected chi connectivity index (χ2v) is 6.13. The summed E-state index contributed by atoms with van der Waals surface area (Å²) in [7, 11) is 3.43. The molecule has 0 atom stereocenters. The molecule has 0 saturated carbocycles. The molecule has 0 bridgehead atoms. The van der Waals surface area contributed by atoms with Gasteiger partial charge in [-0.2, -0.15) is 0 Å². The molecule has 7 heteroatoms. The van der Waals surface area contributed by atoms with Gasteiger partial charge in [0.2, 0.25) is 0 Å². The van der Waals surface area contributed by atoms with E-state index in [1.165, 1.54) is 0 Å². The predicted molar refractivity (Wildman–Crippen MR) is 118 cm³/mol. The van der Waals surface area contributed by atoms with E-state index in [2.05, 4.69) is 29.5 Å². The van der Waals surface area contributed by atoms with Gasteiger partial charge in [-0.1, -0.05) is 13.8 Å². The van der Waals surface area contributed by atoms with E-state index in [4.69, 9.17) is 14.2 Å². The normalized spacial score (nSPS) is 11.0. The summed E-state index contributed by atoms with van der Waals surface area (Å²) in [5.74, 6) is 3.08. The Kier molecular flexibility index (Phi) is 15.2. The van der Waals surface area contributed by atoms with Crippen molar-refractivity contribution in [1.29, 1.82) is 0 Å². The van der Waals surface area contributed by atoms with Crippen LogP contribution < -0.4 is 20.1 Å². The van der Waals surface area contributed by atoms with E-state index in [0.717, 1.165) is 56.6 Å². The van der Waals surface area contributed by atoms with Crippen molar-refractivity contribution in [2.45, 2.75) is 26.7 Å². The summed E-state index contributed by atoms with van der Waals surface area (Å²) >= 11 is 0. The van der Waals surface area contributed by atoms with Crippen LogP contribution >= 0.6 is 24.0 Å². The lowest BCUT2D eigenvalue weighted by atomic mass is 10.2. The number of guanidine groups is 1. The van der Waals surface area contributed by atoms with Crippen LogP contribution in [0.15, 0.2) is 29.3 Å². The highest BCUT2D eigenvalue weighted by atomic mass is 127. The van der Waals surface area contributed by atoms with Gasteiger partial charge in [-0.25, -0.2) is 0 Å². The van der Waals surface area contributed by atoms with Gasteiger partial charge in [-0.3, -0.25) is 4.99 Å². The molecular formula is C19H34IN3O3. The first-order valence-corrected chi connectivity index (χ1v) is 8.94. The first-order chi connectivity index (χ1) is 12.2. The fourth-order valence-electron chi connectivity index (χ4n) is 2.06. The molecule has 0 aliphatic rings. The maximum atomic E-state index is 5.69. The lowest BCUT2D eigenvalue weighted by Gasteiger charge is -2.12. The largest absolute Gasteiger partial charge is 0.497 e. The summed E-state index contributed by atoms with van der Waals surface area (Å²) in [5, 5.41) is 6.56. The molecule has 150 valence electrons. The second-order valence-electron chi connectivity index (χ2n) is 6.13. The topological polar surface area (TPSA) is 64.1 Å². The third kappa shape index (κ3) is 12.2. The fraction of sp³-hybridized carbons (Fsp3) is 0.632. The summed E-state index contributed by atoms with van der Waals surface area (Å²) in [6.07, 6.45) is 1.86. The molecule has 2 N–H and O–H groups in total. The number of ether oxygens (including phenoxy) is 3. The van der Waals surface area contributed by atoms with Gasteiger partial charge in [0.25, 0.3) is 0 Å². The number of nitrogens with zero attached hydrogens (tertiary/aromatic N) is 1. The summed E-state index contributed by atoms with van der Waals surface area (Å²) in [4.78, 5) is 4.21. The Morgan fingerprint density at radius 2 is 1.58 bits per heavy atom. The second kappa shape index (κ2) is 16.0. The fourth-order valence-corrected chi connectivity index (χ4v) is 2.06. The van der Waals surface area contributed by atoms with Crippen LogP contribution in [0.4, 0.5) is 0 Å². The number of halogens is 1. The molecule has 0 amide bonds.